The van der Waals surface area contributed by atoms with Crippen LogP contribution in [0.25, 0.3) is 16.9 Å². The molecular formula is C34H31ClN4O2. The van der Waals surface area contributed by atoms with E-state index >= 15 is 0 Å². The summed E-state index contributed by atoms with van der Waals surface area (Å²) >= 11 is 6.10. The number of anilines is 1. The number of carbonyl (C=O) groups excluding carboxylic acids is 2. The molecule has 0 fully saturated rings. The van der Waals surface area contributed by atoms with Crippen LogP contribution in [0.2, 0.25) is 5.02 Å². The lowest BCUT2D eigenvalue weighted by molar-refractivity contribution is -0.117. The molecule has 1 heterocycles. The zero-order valence-electron chi connectivity index (χ0n) is 23.3. The molecule has 4 aromatic carbocycles. The van der Waals surface area contributed by atoms with Gasteiger partial charge in [-0.2, -0.15) is 0 Å². The maximum absolute atomic E-state index is 13.6. The molecule has 0 saturated heterocycles. The van der Waals surface area contributed by atoms with Gasteiger partial charge in [0.25, 0.3) is 5.91 Å². The van der Waals surface area contributed by atoms with Crippen LogP contribution >= 0.6 is 11.6 Å². The maximum Gasteiger partial charge on any atom is 0.254 e. The zero-order valence-corrected chi connectivity index (χ0v) is 24.0. The summed E-state index contributed by atoms with van der Waals surface area (Å²) in [6, 6.07) is 30.6. The van der Waals surface area contributed by atoms with Crippen LogP contribution in [0.3, 0.4) is 0 Å². The molecule has 0 atom stereocenters. The minimum Gasteiger partial charge on any atom is -0.325 e. The fourth-order valence-corrected chi connectivity index (χ4v) is 4.75. The predicted molar refractivity (Wildman–Crippen MR) is 164 cm³/mol. The SMILES string of the molecule is Cc1ccc(-n2cc(-c3ccc(Cl)cc3)nc2NC(=O)CN(Cc2ccccc2)C(=O)c2ccccc2C)cc1C. The molecule has 1 N–H and O–H groups in total. The summed E-state index contributed by atoms with van der Waals surface area (Å²) in [5, 5.41) is 3.61. The molecule has 2 amide bonds. The molecule has 41 heavy (non-hydrogen) atoms. The number of imidazole rings is 1. The van der Waals surface area contributed by atoms with Gasteiger partial charge in [-0.3, -0.25) is 19.5 Å². The second-order valence-corrected chi connectivity index (χ2v) is 10.5. The summed E-state index contributed by atoms with van der Waals surface area (Å²) in [4.78, 5) is 33.5. The Balaban J connectivity index is 1.46. The van der Waals surface area contributed by atoms with E-state index in [0.717, 1.165) is 27.9 Å². The monoisotopic (exact) mass is 562 g/mol. The maximum atomic E-state index is 13.6. The van der Waals surface area contributed by atoms with Crippen molar-refractivity contribution in [1.82, 2.24) is 14.5 Å². The van der Waals surface area contributed by atoms with Gasteiger partial charge in [0.1, 0.15) is 6.54 Å². The molecule has 206 valence electrons. The predicted octanol–water partition coefficient (Wildman–Crippen LogP) is 7.40. The van der Waals surface area contributed by atoms with Crippen LogP contribution in [0, 0.1) is 20.8 Å². The molecule has 5 aromatic rings. The first-order valence-corrected chi connectivity index (χ1v) is 13.8. The van der Waals surface area contributed by atoms with Gasteiger partial charge in [0.15, 0.2) is 0 Å². The Bertz CT molecular complexity index is 1690. The Kier molecular flexibility index (Phi) is 8.31. The number of rotatable bonds is 8. The molecule has 0 unspecified atom stereocenters. The van der Waals surface area contributed by atoms with Crippen molar-refractivity contribution in [2.24, 2.45) is 0 Å². The molecule has 6 nitrogen and oxygen atoms in total. The highest BCUT2D eigenvalue weighted by molar-refractivity contribution is 6.30. The molecule has 0 radical (unpaired) electrons. The van der Waals surface area contributed by atoms with Crippen LogP contribution in [0.15, 0.2) is 103 Å². The van der Waals surface area contributed by atoms with Gasteiger partial charge in [-0.1, -0.05) is 78.3 Å². The average Bonchev–Trinajstić information content (AvgIpc) is 3.38. The van der Waals surface area contributed by atoms with E-state index in [1.165, 1.54) is 5.56 Å². The van der Waals surface area contributed by atoms with Crippen molar-refractivity contribution in [3.05, 3.63) is 136 Å². The molecule has 0 aliphatic heterocycles. The first kappa shape index (κ1) is 27.9. The van der Waals surface area contributed by atoms with Crippen LogP contribution in [0.5, 0.6) is 0 Å². The van der Waals surface area contributed by atoms with E-state index in [1.54, 1.807) is 11.0 Å². The van der Waals surface area contributed by atoms with Gasteiger partial charge in [-0.05, 0) is 73.4 Å². The van der Waals surface area contributed by atoms with Gasteiger partial charge in [0.05, 0.1) is 5.69 Å². The van der Waals surface area contributed by atoms with Crippen molar-refractivity contribution in [1.29, 1.82) is 0 Å². The minimum absolute atomic E-state index is 0.141. The number of aryl methyl sites for hydroxylation is 3. The molecule has 7 heteroatoms. The van der Waals surface area contributed by atoms with Crippen LogP contribution in [-0.2, 0) is 11.3 Å². The molecular weight excluding hydrogens is 532 g/mol. The Morgan fingerprint density at radius 2 is 1.54 bits per heavy atom. The Morgan fingerprint density at radius 3 is 2.24 bits per heavy atom. The highest BCUT2D eigenvalue weighted by Gasteiger charge is 2.22. The number of benzene rings is 4. The van der Waals surface area contributed by atoms with Crippen molar-refractivity contribution < 1.29 is 9.59 Å². The van der Waals surface area contributed by atoms with Gasteiger partial charge in [-0.15, -0.1) is 0 Å². The van der Waals surface area contributed by atoms with Crippen molar-refractivity contribution in [2.45, 2.75) is 27.3 Å². The lowest BCUT2D eigenvalue weighted by atomic mass is 10.1. The second kappa shape index (κ2) is 12.2. The fraction of sp³-hybridized carbons (Fsp3) is 0.147. The summed E-state index contributed by atoms with van der Waals surface area (Å²) in [5.74, 6) is -0.186. The third-order valence-electron chi connectivity index (χ3n) is 7.08. The summed E-state index contributed by atoms with van der Waals surface area (Å²) in [6.07, 6.45) is 1.89. The molecule has 0 aliphatic rings. The minimum atomic E-state index is -0.346. The standard InChI is InChI=1S/C34H31ClN4O2/c1-23-13-18-29(19-25(23)3)39-21-31(27-14-16-28(35)17-15-27)36-34(39)37-32(40)22-38(20-26-10-5-4-6-11-26)33(41)30-12-8-7-9-24(30)2/h4-19,21H,20,22H2,1-3H3,(H,36,37,40). The lowest BCUT2D eigenvalue weighted by Gasteiger charge is -2.23. The summed E-state index contributed by atoms with van der Waals surface area (Å²) in [6.45, 7) is 6.15. The second-order valence-electron chi connectivity index (χ2n) is 10.1. The number of halogens is 1. The Morgan fingerprint density at radius 1 is 0.829 bits per heavy atom. The van der Waals surface area contributed by atoms with Crippen LogP contribution < -0.4 is 5.32 Å². The van der Waals surface area contributed by atoms with E-state index in [0.29, 0.717) is 28.8 Å². The Labute approximate surface area is 245 Å². The molecule has 0 aliphatic carbocycles. The Hall–Kier alpha value is -4.68. The van der Waals surface area contributed by atoms with Gasteiger partial charge < -0.3 is 4.90 Å². The zero-order chi connectivity index (χ0) is 28.9. The summed E-state index contributed by atoms with van der Waals surface area (Å²) < 4.78 is 1.86. The van der Waals surface area contributed by atoms with Crippen molar-refractivity contribution in [2.75, 3.05) is 11.9 Å². The normalized spacial score (nSPS) is 10.8. The number of nitrogens with one attached hydrogen (secondary N) is 1. The number of nitrogens with zero attached hydrogens (tertiary/aromatic N) is 3. The number of carbonyl (C=O) groups is 2. The first-order valence-electron chi connectivity index (χ1n) is 13.4. The fourth-order valence-electron chi connectivity index (χ4n) is 4.62. The number of amides is 2. The third-order valence-corrected chi connectivity index (χ3v) is 7.33. The van der Waals surface area contributed by atoms with E-state index in [1.807, 2.05) is 110 Å². The molecule has 1 aromatic heterocycles. The molecule has 0 bridgehead atoms. The molecule has 5 rings (SSSR count). The summed E-state index contributed by atoms with van der Waals surface area (Å²) in [7, 11) is 0. The van der Waals surface area contributed by atoms with E-state index in [4.69, 9.17) is 16.6 Å². The van der Waals surface area contributed by atoms with Gasteiger partial charge >= 0.3 is 0 Å². The van der Waals surface area contributed by atoms with E-state index in [2.05, 4.69) is 18.3 Å². The van der Waals surface area contributed by atoms with Crippen LogP contribution in [-0.4, -0.2) is 32.8 Å². The van der Waals surface area contributed by atoms with Gasteiger partial charge in [-0.25, -0.2) is 4.98 Å². The van der Waals surface area contributed by atoms with Crippen LogP contribution in [0.4, 0.5) is 5.95 Å². The molecule has 0 saturated carbocycles. The van der Waals surface area contributed by atoms with Gasteiger partial charge in [0.2, 0.25) is 11.9 Å². The number of hydrogen-bond donors (Lipinski definition) is 1. The average molecular weight is 563 g/mol. The highest BCUT2D eigenvalue weighted by atomic mass is 35.5. The van der Waals surface area contributed by atoms with Crippen molar-refractivity contribution in [3.63, 3.8) is 0 Å². The quantitative estimate of drug-likeness (QED) is 0.214. The first-order chi connectivity index (χ1) is 19.8. The number of aromatic nitrogens is 2. The van der Waals surface area contributed by atoms with Gasteiger partial charge in [0, 0.05) is 34.6 Å². The van der Waals surface area contributed by atoms with Crippen molar-refractivity contribution >= 4 is 29.4 Å². The van der Waals surface area contributed by atoms with Crippen LogP contribution in [0.1, 0.15) is 32.6 Å². The largest absolute Gasteiger partial charge is 0.325 e. The van der Waals surface area contributed by atoms with E-state index in [9.17, 15) is 9.59 Å². The van der Waals surface area contributed by atoms with E-state index < -0.39 is 0 Å². The number of hydrogen-bond acceptors (Lipinski definition) is 3. The smallest absolute Gasteiger partial charge is 0.254 e. The lowest BCUT2D eigenvalue weighted by Crippen LogP contribution is -2.38. The summed E-state index contributed by atoms with van der Waals surface area (Å²) in [5.41, 5.74) is 7.08. The topological polar surface area (TPSA) is 67.2 Å². The third kappa shape index (κ3) is 6.56. The highest BCUT2D eigenvalue weighted by Crippen LogP contribution is 2.27. The molecule has 0 spiro atoms. The van der Waals surface area contributed by atoms with Crippen molar-refractivity contribution in [3.8, 4) is 16.9 Å². The van der Waals surface area contributed by atoms with E-state index in [-0.39, 0.29) is 18.4 Å².